The van der Waals surface area contributed by atoms with Crippen molar-refractivity contribution in [3.63, 3.8) is 0 Å². The number of amides is 1. The van der Waals surface area contributed by atoms with Crippen LogP contribution in [0.4, 0.5) is 10.2 Å². The van der Waals surface area contributed by atoms with E-state index in [0.717, 1.165) is 30.4 Å². The van der Waals surface area contributed by atoms with Crippen LogP contribution in [0.5, 0.6) is 0 Å². The molecule has 1 aliphatic heterocycles. The number of nitrogens with zero attached hydrogens (tertiary/aromatic N) is 3. The highest BCUT2D eigenvalue weighted by molar-refractivity contribution is 5.97. The number of rotatable bonds is 3. The number of aromatic nitrogens is 3. The fraction of sp³-hybridized carbons (Fsp3) is 0.348. The topological polar surface area (TPSA) is 85.8 Å². The third-order valence-corrected chi connectivity index (χ3v) is 6.21. The van der Waals surface area contributed by atoms with Crippen LogP contribution in [0.1, 0.15) is 54.1 Å². The summed E-state index contributed by atoms with van der Waals surface area (Å²) >= 11 is 0. The number of nitrogen functional groups attached to an aromatic ring is 1. The molecule has 6 nitrogen and oxygen atoms in total. The van der Waals surface area contributed by atoms with Crippen LogP contribution in [0, 0.1) is 5.95 Å². The summed E-state index contributed by atoms with van der Waals surface area (Å²) in [5.41, 5.74) is 10.3. The Kier molecular flexibility index (Phi) is 4.73. The summed E-state index contributed by atoms with van der Waals surface area (Å²) < 4.78 is 16.7. The van der Waals surface area contributed by atoms with Gasteiger partial charge >= 0.3 is 0 Å². The molecule has 0 saturated heterocycles. The molecule has 1 saturated carbocycles. The van der Waals surface area contributed by atoms with Crippen LogP contribution in [0.25, 0.3) is 22.3 Å². The van der Waals surface area contributed by atoms with E-state index in [0.29, 0.717) is 34.8 Å². The van der Waals surface area contributed by atoms with E-state index in [1.807, 2.05) is 23.0 Å². The van der Waals surface area contributed by atoms with Crippen molar-refractivity contribution in [3.8, 4) is 22.3 Å². The van der Waals surface area contributed by atoms with Gasteiger partial charge in [-0.25, -0.2) is 4.98 Å². The Hall–Kier alpha value is -3.22. The summed E-state index contributed by atoms with van der Waals surface area (Å²) in [5.74, 6) is -0.531. The number of carbonyl (C=O) groups excluding carboxylic acids is 1. The number of halogens is 1. The van der Waals surface area contributed by atoms with Crippen molar-refractivity contribution in [1.29, 1.82) is 0 Å². The molecule has 1 aliphatic carbocycles. The summed E-state index contributed by atoms with van der Waals surface area (Å²) in [6.45, 7) is 0.609. The second-order valence-corrected chi connectivity index (χ2v) is 8.14. The first kappa shape index (κ1) is 18.8. The van der Waals surface area contributed by atoms with Crippen molar-refractivity contribution in [2.24, 2.45) is 0 Å². The van der Waals surface area contributed by atoms with Crippen molar-refractivity contribution < 1.29 is 9.18 Å². The number of anilines is 1. The Morgan fingerprint density at radius 3 is 2.73 bits per heavy atom. The first-order valence-corrected chi connectivity index (χ1v) is 10.5. The molecule has 5 rings (SSSR count). The highest BCUT2D eigenvalue weighted by Gasteiger charge is 2.21. The van der Waals surface area contributed by atoms with Crippen molar-refractivity contribution in [2.75, 3.05) is 12.3 Å². The van der Waals surface area contributed by atoms with E-state index in [-0.39, 0.29) is 11.7 Å². The predicted octanol–water partition coefficient (Wildman–Crippen LogP) is 4.12. The number of nitrogens with one attached hydrogen (secondary N) is 1. The number of nitrogens with two attached hydrogens (primary N) is 1. The molecule has 0 unspecified atom stereocenters. The molecule has 30 heavy (non-hydrogen) atoms. The minimum absolute atomic E-state index is 0.0659. The van der Waals surface area contributed by atoms with Crippen LogP contribution < -0.4 is 11.1 Å². The van der Waals surface area contributed by atoms with E-state index in [1.54, 1.807) is 18.3 Å². The average Bonchev–Trinajstić information content (AvgIpc) is 3.24. The van der Waals surface area contributed by atoms with E-state index < -0.39 is 5.95 Å². The molecule has 2 aromatic heterocycles. The van der Waals surface area contributed by atoms with Crippen molar-refractivity contribution in [2.45, 2.75) is 44.6 Å². The molecule has 7 heteroatoms. The molecule has 0 atom stereocenters. The number of benzene rings is 1. The maximum absolute atomic E-state index is 14.7. The molecule has 0 spiro atoms. The molecule has 0 radical (unpaired) electrons. The zero-order chi connectivity index (χ0) is 20.7. The second-order valence-electron chi connectivity index (χ2n) is 8.14. The van der Waals surface area contributed by atoms with Gasteiger partial charge in [0.2, 0.25) is 5.95 Å². The SMILES string of the molecule is Nc1nc(F)c(-c2cnn(C3CCCCC3)c2)cc1-c1ccc2c(c1)CCNC2=O. The van der Waals surface area contributed by atoms with E-state index in [1.165, 1.54) is 19.3 Å². The highest BCUT2D eigenvalue weighted by Crippen LogP contribution is 2.34. The van der Waals surface area contributed by atoms with Gasteiger partial charge < -0.3 is 11.1 Å². The fourth-order valence-corrected chi connectivity index (χ4v) is 4.56. The normalized spacial score (nSPS) is 16.9. The van der Waals surface area contributed by atoms with Crippen molar-refractivity contribution >= 4 is 11.7 Å². The third-order valence-electron chi connectivity index (χ3n) is 6.21. The lowest BCUT2D eigenvalue weighted by Crippen LogP contribution is -2.31. The fourth-order valence-electron chi connectivity index (χ4n) is 4.56. The lowest BCUT2D eigenvalue weighted by Gasteiger charge is -2.21. The average molecular weight is 405 g/mol. The second kappa shape index (κ2) is 7.55. The Morgan fingerprint density at radius 2 is 1.90 bits per heavy atom. The molecule has 3 aromatic rings. The molecule has 154 valence electrons. The summed E-state index contributed by atoms with van der Waals surface area (Å²) in [6, 6.07) is 7.70. The minimum Gasteiger partial charge on any atom is -0.383 e. The summed E-state index contributed by atoms with van der Waals surface area (Å²) in [6.07, 6.45) is 10.3. The number of hydrogen-bond acceptors (Lipinski definition) is 4. The Balaban J connectivity index is 1.52. The summed E-state index contributed by atoms with van der Waals surface area (Å²) in [7, 11) is 0. The highest BCUT2D eigenvalue weighted by atomic mass is 19.1. The molecule has 1 fully saturated rings. The van der Waals surface area contributed by atoms with Gasteiger partial charge in [-0.1, -0.05) is 31.4 Å². The van der Waals surface area contributed by atoms with Gasteiger partial charge in [0.25, 0.3) is 5.91 Å². The van der Waals surface area contributed by atoms with E-state index in [4.69, 9.17) is 5.73 Å². The molecule has 3 heterocycles. The smallest absolute Gasteiger partial charge is 0.251 e. The maximum atomic E-state index is 14.7. The van der Waals surface area contributed by atoms with Crippen LogP contribution in [0.15, 0.2) is 36.7 Å². The van der Waals surface area contributed by atoms with E-state index in [9.17, 15) is 9.18 Å². The Labute approximate surface area is 174 Å². The van der Waals surface area contributed by atoms with Gasteiger partial charge in [0.05, 0.1) is 12.2 Å². The molecular formula is C23H24FN5O. The van der Waals surface area contributed by atoms with Crippen LogP contribution in [-0.4, -0.2) is 27.2 Å². The first-order valence-electron chi connectivity index (χ1n) is 10.5. The van der Waals surface area contributed by atoms with Gasteiger partial charge in [-0.15, -0.1) is 0 Å². The largest absolute Gasteiger partial charge is 0.383 e. The van der Waals surface area contributed by atoms with Gasteiger partial charge in [0.1, 0.15) is 5.82 Å². The van der Waals surface area contributed by atoms with Crippen LogP contribution in [0.2, 0.25) is 0 Å². The molecule has 1 aromatic carbocycles. The Morgan fingerprint density at radius 1 is 1.07 bits per heavy atom. The van der Waals surface area contributed by atoms with Gasteiger partial charge in [0.15, 0.2) is 0 Å². The van der Waals surface area contributed by atoms with Crippen LogP contribution in [-0.2, 0) is 6.42 Å². The third kappa shape index (κ3) is 3.34. The lowest BCUT2D eigenvalue weighted by atomic mass is 9.94. The van der Waals surface area contributed by atoms with Crippen molar-refractivity contribution in [3.05, 3.63) is 53.7 Å². The zero-order valence-electron chi connectivity index (χ0n) is 16.7. The predicted molar refractivity (Wildman–Crippen MR) is 113 cm³/mol. The van der Waals surface area contributed by atoms with Crippen LogP contribution >= 0.6 is 0 Å². The number of pyridine rings is 1. The van der Waals surface area contributed by atoms with Crippen LogP contribution in [0.3, 0.4) is 0 Å². The molecular weight excluding hydrogens is 381 g/mol. The quantitative estimate of drug-likeness (QED) is 0.642. The number of fused-ring (bicyclic) bond motifs is 1. The van der Waals surface area contributed by atoms with Gasteiger partial charge in [-0.05, 0) is 42.5 Å². The summed E-state index contributed by atoms with van der Waals surface area (Å²) in [5, 5.41) is 7.34. The Bertz CT molecular complexity index is 1120. The van der Waals surface area contributed by atoms with Crippen molar-refractivity contribution in [1.82, 2.24) is 20.1 Å². The van der Waals surface area contributed by atoms with E-state index in [2.05, 4.69) is 15.4 Å². The monoisotopic (exact) mass is 405 g/mol. The van der Waals surface area contributed by atoms with Gasteiger partial charge in [-0.3, -0.25) is 9.48 Å². The molecule has 3 N–H and O–H groups in total. The standard InChI is InChI=1S/C23H24FN5O/c24-21-19(16-12-27-29(13-16)17-4-2-1-3-5-17)11-20(22(25)28-21)14-6-7-18-15(10-14)8-9-26-23(18)30/h6-7,10-13,17H,1-5,8-9H2,(H2,25,28)(H,26,30). The number of hydrogen-bond donors (Lipinski definition) is 2. The van der Waals surface area contributed by atoms with E-state index >= 15 is 0 Å². The summed E-state index contributed by atoms with van der Waals surface area (Å²) in [4.78, 5) is 16.0. The molecule has 1 amide bonds. The van der Waals surface area contributed by atoms with Gasteiger partial charge in [-0.2, -0.15) is 9.49 Å². The molecule has 0 bridgehead atoms. The maximum Gasteiger partial charge on any atom is 0.251 e. The first-order chi connectivity index (χ1) is 14.6. The van der Waals surface area contributed by atoms with Gasteiger partial charge in [0, 0.05) is 35.0 Å². The zero-order valence-corrected chi connectivity index (χ0v) is 16.7. The molecule has 2 aliphatic rings. The lowest BCUT2D eigenvalue weighted by molar-refractivity contribution is 0.0946. The minimum atomic E-state index is -0.600. The number of carbonyl (C=O) groups is 1.